The van der Waals surface area contributed by atoms with Crippen LogP contribution in [0.15, 0.2) is 66.9 Å². The summed E-state index contributed by atoms with van der Waals surface area (Å²) in [5.74, 6) is 0. The second-order valence-electron chi connectivity index (χ2n) is 8.17. The van der Waals surface area contributed by atoms with Gasteiger partial charge in [0.15, 0.2) is 6.20 Å². The van der Waals surface area contributed by atoms with E-state index < -0.39 is 0 Å². The molecule has 1 aromatic heterocycles. The standard InChI is InChI=1S/C24H28N/c1-18-11-13-21(20-9-7-6-8-10-20)15-22(18)23-14-12-19(17-25(23)5)16-24(2,3)4/h6-15,17H,16H2,1-5H3/q+1. The van der Waals surface area contributed by atoms with E-state index in [1.165, 1.54) is 33.5 Å². The minimum absolute atomic E-state index is 0.303. The monoisotopic (exact) mass is 330 g/mol. The molecule has 1 heteroatoms. The van der Waals surface area contributed by atoms with Gasteiger partial charge in [-0.2, -0.15) is 0 Å². The molecule has 0 spiro atoms. The number of pyridine rings is 1. The molecule has 0 N–H and O–H groups in total. The van der Waals surface area contributed by atoms with Crippen LogP contribution in [0.2, 0.25) is 0 Å². The highest BCUT2D eigenvalue weighted by atomic mass is 14.9. The maximum Gasteiger partial charge on any atom is 0.212 e. The van der Waals surface area contributed by atoms with Crippen LogP contribution in [0.1, 0.15) is 31.9 Å². The lowest BCUT2D eigenvalue weighted by molar-refractivity contribution is -0.660. The SMILES string of the molecule is Cc1ccc(-c2ccccc2)cc1-c1ccc(CC(C)(C)C)c[n+]1C. The zero-order valence-corrected chi connectivity index (χ0v) is 16.0. The molecule has 1 nitrogen and oxygen atoms in total. The van der Waals surface area contributed by atoms with Crippen LogP contribution in [0.4, 0.5) is 0 Å². The van der Waals surface area contributed by atoms with E-state index in [1.54, 1.807) is 0 Å². The lowest BCUT2D eigenvalue weighted by Crippen LogP contribution is -2.32. The van der Waals surface area contributed by atoms with Gasteiger partial charge < -0.3 is 0 Å². The van der Waals surface area contributed by atoms with E-state index in [9.17, 15) is 0 Å². The maximum atomic E-state index is 2.31. The highest BCUT2D eigenvalue weighted by molar-refractivity contribution is 5.72. The van der Waals surface area contributed by atoms with Crippen LogP contribution < -0.4 is 4.57 Å². The molecule has 25 heavy (non-hydrogen) atoms. The van der Waals surface area contributed by atoms with Gasteiger partial charge in [-0.15, -0.1) is 0 Å². The van der Waals surface area contributed by atoms with Crippen molar-refractivity contribution in [1.29, 1.82) is 0 Å². The van der Waals surface area contributed by atoms with E-state index in [1.807, 2.05) is 0 Å². The Morgan fingerprint density at radius 1 is 0.840 bits per heavy atom. The summed E-state index contributed by atoms with van der Waals surface area (Å²) in [4.78, 5) is 0. The molecule has 0 radical (unpaired) electrons. The maximum absolute atomic E-state index is 2.31. The highest BCUT2D eigenvalue weighted by Gasteiger charge is 2.17. The molecule has 0 atom stereocenters. The average molecular weight is 330 g/mol. The first-order valence-corrected chi connectivity index (χ1v) is 8.98. The van der Waals surface area contributed by atoms with Crippen molar-refractivity contribution in [3.63, 3.8) is 0 Å². The van der Waals surface area contributed by atoms with Crippen molar-refractivity contribution in [2.24, 2.45) is 12.5 Å². The van der Waals surface area contributed by atoms with Gasteiger partial charge in [-0.05, 0) is 47.6 Å². The summed E-state index contributed by atoms with van der Waals surface area (Å²) in [5, 5.41) is 0. The van der Waals surface area contributed by atoms with Crippen molar-refractivity contribution in [1.82, 2.24) is 0 Å². The van der Waals surface area contributed by atoms with Crippen LogP contribution in [0.25, 0.3) is 22.4 Å². The molecule has 0 bridgehead atoms. The molecule has 0 aliphatic carbocycles. The van der Waals surface area contributed by atoms with Gasteiger partial charge in [0.2, 0.25) is 5.69 Å². The Labute approximate surface area is 152 Å². The molecule has 0 saturated carbocycles. The van der Waals surface area contributed by atoms with Crippen LogP contribution in [0.3, 0.4) is 0 Å². The average Bonchev–Trinajstić information content (AvgIpc) is 2.55. The Balaban J connectivity index is 2.02. The van der Waals surface area contributed by atoms with E-state index in [0.29, 0.717) is 5.41 Å². The fourth-order valence-corrected chi connectivity index (χ4v) is 3.37. The van der Waals surface area contributed by atoms with Crippen molar-refractivity contribution in [3.8, 4) is 22.4 Å². The second kappa shape index (κ2) is 6.84. The minimum Gasteiger partial charge on any atom is -0.201 e. The van der Waals surface area contributed by atoms with Gasteiger partial charge >= 0.3 is 0 Å². The van der Waals surface area contributed by atoms with Gasteiger partial charge in [0.25, 0.3) is 0 Å². The van der Waals surface area contributed by atoms with Crippen LogP contribution in [0.5, 0.6) is 0 Å². The summed E-state index contributed by atoms with van der Waals surface area (Å²) in [6.45, 7) is 9.05. The lowest BCUT2D eigenvalue weighted by Gasteiger charge is -2.17. The van der Waals surface area contributed by atoms with E-state index in [2.05, 4.69) is 106 Å². The number of benzene rings is 2. The van der Waals surface area contributed by atoms with E-state index in [4.69, 9.17) is 0 Å². The zero-order valence-electron chi connectivity index (χ0n) is 16.0. The third kappa shape index (κ3) is 4.17. The molecular weight excluding hydrogens is 302 g/mol. The number of hydrogen-bond donors (Lipinski definition) is 0. The number of aromatic nitrogens is 1. The van der Waals surface area contributed by atoms with Gasteiger partial charge in [0, 0.05) is 17.2 Å². The largest absolute Gasteiger partial charge is 0.212 e. The Kier molecular flexibility index (Phi) is 4.76. The Bertz CT molecular complexity index is 870. The fraction of sp³-hybridized carbons (Fsp3) is 0.292. The highest BCUT2D eigenvalue weighted by Crippen LogP contribution is 2.28. The first-order chi connectivity index (χ1) is 11.8. The van der Waals surface area contributed by atoms with Gasteiger partial charge in [-0.3, -0.25) is 0 Å². The van der Waals surface area contributed by atoms with Crippen molar-refractivity contribution >= 4 is 0 Å². The first kappa shape index (κ1) is 17.4. The molecular formula is C24H28N+. The quantitative estimate of drug-likeness (QED) is 0.539. The molecule has 1 heterocycles. The number of hydrogen-bond acceptors (Lipinski definition) is 0. The van der Waals surface area contributed by atoms with Crippen LogP contribution in [-0.2, 0) is 13.5 Å². The third-order valence-electron chi connectivity index (χ3n) is 4.55. The fourth-order valence-electron chi connectivity index (χ4n) is 3.37. The van der Waals surface area contributed by atoms with Crippen LogP contribution >= 0.6 is 0 Å². The Morgan fingerprint density at radius 2 is 1.56 bits per heavy atom. The van der Waals surface area contributed by atoms with Crippen molar-refractivity contribution in [3.05, 3.63) is 78.0 Å². The predicted molar refractivity (Wildman–Crippen MR) is 106 cm³/mol. The molecule has 0 aliphatic heterocycles. The number of rotatable bonds is 3. The van der Waals surface area contributed by atoms with Crippen molar-refractivity contribution < 1.29 is 4.57 Å². The Hall–Kier alpha value is -2.41. The van der Waals surface area contributed by atoms with Crippen molar-refractivity contribution in [2.75, 3.05) is 0 Å². The molecule has 0 amide bonds. The summed E-state index contributed by atoms with van der Waals surface area (Å²) in [6, 6.07) is 21.9. The first-order valence-electron chi connectivity index (χ1n) is 8.98. The van der Waals surface area contributed by atoms with Gasteiger partial charge in [-0.25, -0.2) is 4.57 Å². The molecule has 0 saturated heterocycles. The smallest absolute Gasteiger partial charge is 0.201 e. The summed E-state index contributed by atoms with van der Waals surface area (Å²) >= 11 is 0. The van der Waals surface area contributed by atoms with E-state index in [-0.39, 0.29) is 0 Å². The normalized spacial score (nSPS) is 11.6. The minimum atomic E-state index is 0.303. The summed E-state index contributed by atoms with van der Waals surface area (Å²) in [5.41, 5.74) is 8.07. The summed E-state index contributed by atoms with van der Waals surface area (Å²) < 4.78 is 2.26. The van der Waals surface area contributed by atoms with Gasteiger partial charge in [0.1, 0.15) is 7.05 Å². The topological polar surface area (TPSA) is 3.88 Å². The predicted octanol–water partition coefficient (Wildman–Crippen LogP) is 5.74. The molecule has 0 aliphatic rings. The molecule has 0 fully saturated rings. The van der Waals surface area contributed by atoms with E-state index >= 15 is 0 Å². The lowest BCUT2D eigenvalue weighted by atomic mass is 9.88. The van der Waals surface area contributed by atoms with Crippen molar-refractivity contribution in [2.45, 2.75) is 34.1 Å². The number of aryl methyl sites for hydroxylation is 2. The second-order valence-corrected chi connectivity index (χ2v) is 8.17. The Morgan fingerprint density at radius 3 is 2.20 bits per heavy atom. The number of nitrogens with zero attached hydrogens (tertiary/aromatic N) is 1. The van der Waals surface area contributed by atoms with E-state index in [0.717, 1.165) is 6.42 Å². The summed E-state index contributed by atoms with van der Waals surface area (Å²) in [6.07, 6.45) is 3.36. The molecule has 128 valence electrons. The third-order valence-corrected chi connectivity index (χ3v) is 4.55. The van der Waals surface area contributed by atoms with Gasteiger partial charge in [0.05, 0.1) is 0 Å². The molecule has 3 aromatic rings. The molecule has 2 aromatic carbocycles. The van der Waals surface area contributed by atoms with Crippen LogP contribution in [-0.4, -0.2) is 0 Å². The van der Waals surface area contributed by atoms with Gasteiger partial charge in [-0.1, -0.05) is 63.2 Å². The molecule has 0 unspecified atom stereocenters. The zero-order chi connectivity index (χ0) is 18.0. The summed E-state index contributed by atoms with van der Waals surface area (Å²) in [7, 11) is 2.15. The van der Waals surface area contributed by atoms with Crippen LogP contribution in [0, 0.1) is 12.3 Å². The molecule has 3 rings (SSSR count).